The molecule has 0 spiro atoms. The lowest BCUT2D eigenvalue weighted by Gasteiger charge is -1.95. The van der Waals surface area contributed by atoms with Gasteiger partial charge >= 0.3 is 0 Å². The van der Waals surface area contributed by atoms with E-state index in [-0.39, 0.29) is 0 Å². The Hall–Kier alpha value is -2.27. The molecule has 0 aliphatic carbocycles. The second-order valence-electron chi connectivity index (χ2n) is 3.46. The molecule has 0 unspecified atom stereocenters. The van der Waals surface area contributed by atoms with Crippen molar-refractivity contribution in [1.82, 2.24) is 0 Å². The van der Waals surface area contributed by atoms with Crippen LogP contribution in [0.4, 0.5) is 0 Å². The first kappa shape index (κ1) is 8.07. The van der Waals surface area contributed by atoms with Gasteiger partial charge in [0.1, 0.15) is 11.7 Å². The Morgan fingerprint density at radius 1 is 0.933 bits per heavy atom. The van der Waals surface area contributed by atoms with Crippen molar-refractivity contribution in [3.05, 3.63) is 48.2 Å². The van der Waals surface area contributed by atoms with Crippen LogP contribution in [0.15, 0.2) is 46.9 Å². The van der Waals surface area contributed by atoms with Gasteiger partial charge in [-0.15, -0.1) is 0 Å². The number of nitriles is 1. The van der Waals surface area contributed by atoms with Gasteiger partial charge in [0.2, 0.25) is 5.76 Å². The first-order chi connectivity index (χ1) is 7.36. The molecular formula is C13H7NO. The maximum Gasteiger partial charge on any atom is 0.204 e. The molecule has 2 aromatic carbocycles. The van der Waals surface area contributed by atoms with Gasteiger partial charge in [-0.05, 0) is 22.9 Å². The van der Waals surface area contributed by atoms with Gasteiger partial charge < -0.3 is 4.42 Å². The van der Waals surface area contributed by atoms with Gasteiger partial charge in [0.15, 0.2) is 0 Å². The van der Waals surface area contributed by atoms with Crippen LogP contribution in [-0.4, -0.2) is 0 Å². The van der Waals surface area contributed by atoms with Crippen LogP contribution in [0.5, 0.6) is 0 Å². The van der Waals surface area contributed by atoms with E-state index in [0.717, 1.165) is 21.7 Å². The second kappa shape index (κ2) is 2.86. The lowest BCUT2D eigenvalue weighted by molar-refractivity contribution is 0.600. The fourth-order valence-corrected chi connectivity index (χ4v) is 1.78. The smallest absolute Gasteiger partial charge is 0.204 e. The van der Waals surface area contributed by atoms with Crippen LogP contribution in [0.25, 0.3) is 21.7 Å². The van der Waals surface area contributed by atoms with Gasteiger partial charge in [0, 0.05) is 11.5 Å². The van der Waals surface area contributed by atoms with Gasteiger partial charge in [0.05, 0.1) is 0 Å². The standard InChI is InChI=1S/C13H7NO/c14-8-12-6-11-5-9-3-1-2-4-10(9)7-13(11)15-12/h1-7H. The minimum absolute atomic E-state index is 0.361. The predicted molar refractivity (Wildman–Crippen MR) is 58.4 cm³/mol. The Balaban J connectivity index is 2.46. The molecule has 2 heteroatoms. The maximum atomic E-state index is 8.73. The average Bonchev–Trinajstić information content (AvgIpc) is 2.67. The molecular weight excluding hydrogens is 186 g/mol. The van der Waals surface area contributed by atoms with Crippen molar-refractivity contribution in [3.63, 3.8) is 0 Å². The van der Waals surface area contributed by atoms with Crippen LogP contribution in [0, 0.1) is 11.3 Å². The molecule has 3 aromatic rings. The lowest BCUT2D eigenvalue weighted by Crippen LogP contribution is -1.70. The SMILES string of the molecule is N#Cc1cc2cc3ccccc3cc2o1. The fourth-order valence-electron chi connectivity index (χ4n) is 1.78. The van der Waals surface area contributed by atoms with Crippen molar-refractivity contribution in [1.29, 1.82) is 5.26 Å². The van der Waals surface area contributed by atoms with E-state index in [1.165, 1.54) is 0 Å². The van der Waals surface area contributed by atoms with E-state index in [1.807, 2.05) is 42.5 Å². The van der Waals surface area contributed by atoms with Crippen LogP contribution in [0.2, 0.25) is 0 Å². The van der Waals surface area contributed by atoms with Crippen molar-refractivity contribution >= 4 is 21.7 Å². The van der Waals surface area contributed by atoms with E-state index < -0.39 is 0 Å². The highest BCUT2D eigenvalue weighted by Gasteiger charge is 2.03. The number of nitrogens with zero attached hydrogens (tertiary/aromatic N) is 1. The van der Waals surface area contributed by atoms with Crippen molar-refractivity contribution in [2.45, 2.75) is 0 Å². The van der Waals surface area contributed by atoms with Crippen LogP contribution < -0.4 is 0 Å². The van der Waals surface area contributed by atoms with Gasteiger partial charge in [-0.2, -0.15) is 5.26 Å². The molecule has 0 radical (unpaired) electrons. The van der Waals surface area contributed by atoms with E-state index >= 15 is 0 Å². The molecule has 1 heterocycles. The number of hydrogen-bond donors (Lipinski definition) is 0. The highest BCUT2D eigenvalue weighted by atomic mass is 16.3. The highest BCUT2D eigenvalue weighted by Crippen LogP contribution is 2.25. The third-order valence-corrected chi connectivity index (χ3v) is 2.49. The van der Waals surface area contributed by atoms with Crippen LogP contribution in [0.3, 0.4) is 0 Å². The zero-order chi connectivity index (χ0) is 10.3. The normalized spacial score (nSPS) is 10.6. The highest BCUT2D eigenvalue weighted by molar-refractivity contribution is 5.96. The Morgan fingerprint density at radius 3 is 2.40 bits per heavy atom. The van der Waals surface area contributed by atoms with Gasteiger partial charge in [0.25, 0.3) is 0 Å². The van der Waals surface area contributed by atoms with Crippen molar-refractivity contribution in [2.75, 3.05) is 0 Å². The van der Waals surface area contributed by atoms with Crippen molar-refractivity contribution < 1.29 is 4.42 Å². The third kappa shape index (κ3) is 1.18. The first-order valence-electron chi connectivity index (χ1n) is 4.69. The summed E-state index contributed by atoms with van der Waals surface area (Å²) in [6.45, 7) is 0. The zero-order valence-corrected chi connectivity index (χ0v) is 7.90. The third-order valence-electron chi connectivity index (χ3n) is 2.49. The molecule has 0 fully saturated rings. The summed E-state index contributed by atoms with van der Waals surface area (Å²) in [7, 11) is 0. The van der Waals surface area contributed by atoms with Crippen LogP contribution in [-0.2, 0) is 0 Å². The lowest BCUT2D eigenvalue weighted by atomic mass is 10.1. The average molecular weight is 193 g/mol. The maximum absolute atomic E-state index is 8.73. The molecule has 70 valence electrons. The van der Waals surface area contributed by atoms with E-state index in [9.17, 15) is 0 Å². The summed E-state index contributed by atoms with van der Waals surface area (Å²) in [6, 6.07) is 15.8. The Morgan fingerprint density at radius 2 is 1.67 bits per heavy atom. The summed E-state index contributed by atoms with van der Waals surface area (Å²) in [6.07, 6.45) is 0. The molecule has 0 saturated heterocycles. The molecule has 2 nitrogen and oxygen atoms in total. The summed E-state index contributed by atoms with van der Waals surface area (Å²) in [4.78, 5) is 0. The molecule has 0 saturated carbocycles. The Labute approximate surface area is 86.3 Å². The van der Waals surface area contributed by atoms with E-state index in [0.29, 0.717) is 5.76 Å². The summed E-state index contributed by atoms with van der Waals surface area (Å²) in [5, 5.41) is 12.0. The molecule has 0 atom stereocenters. The van der Waals surface area contributed by atoms with Crippen molar-refractivity contribution in [2.24, 2.45) is 0 Å². The van der Waals surface area contributed by atoms with Gasteiger partial charge in [-0.3, -0.25) is 0 Å². The first-order valence-corrected chi connectivity index (χ1v) is 4.69. The fraction of sp³-hybridized carbons (Fsp3) is 0. The largest absolute Gasteiger partial charge is 0.446 e. The van der Waals surface area contributed by atoms with E-state index in [1.54, 1.807) is 6.07 Å². The molecule has 0 bridgehead atoms. The minimum Gasteiger partial charge on any atom is -0.446 e. The summed E-state index contributed by atoms with van der Waals surface area (Å²) in [5.74, 6) is 0.361. The minimum atomic E-state index is 0.361. The summed E-state index contributed by atoms with van der Waals surface area (Å²) in [5.41, 5.74) is 0.769. The number of furan rings is 1. The van der Waals surface area contributed by atoms with E-state index in [4.69, 9.17) is 9.68 Å². The van der Waals surface area contributed by atoms with Crippen molar-refractivity contribution in [3.8, 4) is 6.07 Å². The Bertz CT molecular complexity index is 636. The summed E-state index contributed by atoms with van der Waals surface area (Å²) < 4.78 is 5.36. The van der Waals surface area contributed by atoms with Gasteiger partial charge in [-0.25, -0.2) is 0 Å². The number of hydrogen-bond acceptors (Lipinski definition) is 2. The number of rotatable bonds is 0. The predicted octanol–water partition coefficient (Wildman–Crippen LogP) is 3.46. The molecule has 0 N–H and O–H groups in total. The molecule has 0 amide bonds. The zero-order valence-electron chi connectivity index (χ0n) is 7.90. The van der Waals surface area contributed by atoms with E-state index in [2.05, 4.69) is 0 Å². The van der Waals surface area contributed by atoms with Gasteiger partial charge in [-0.1, -0.05) is 24.3 Å². The summed E-state index contributed by atoms with van der Waals surface area (Å²) >= 11 is 0. The molecule has 1 aromatic heterocycles. The topological polar surface area (TPSA) is 36.9 Å². The van der Waals surface area contributed by atoms with Crippen LogP contribution in [0.1, 0.15) is 5.76 Å². The second-order valence-corrected chi connectivity index (χ2v) is 3.46. The number of fused-ring (bicyclic) bond motifs is 2. The van der Waals surface area contributed by atoms with Crippen LogP contribution >= 0.6 is 0 Å². The monoisotopic (exact) mass is 193 g/mol. The molecule has 0 aliphatic heterocycles. The molecule has 15 heavy (non-hydrogen) atoms. The number of benzene rings is 2. The quantitative estimate of drug-likeness (QED) is 0.548. The molecule has 3 rings (SSSR count). The Kier molecular flexibility index (Phi) is 1.54. The molecule has 0 aliphatic rings.